The number of nitrogens with zero attached hydrogens (tertiary/aromatic N) is 1. The highest BCUT2D eigenvalue weighted by atomic mass is 16.5. The van der Waals surface area contributed by atoms with Gasteiger partial charge in [-0.2, -0.15) is 0 Å². The Morgan fingerprint density at radius 1 is 1.34 bits per heavy atom. The number of terminal acetylenes is 1. The topological polar surface area (TPSA) is 116 Å². The van der Waals surface area contributed by atoms with Gasteiger partial charge in [-0.15, -0.1) is 6.42 Å². The summed E-state index contributed by atoms with van der Waals surface area (Å²) in [6.45, 7) is 1.21. The Balaban J connectivity index is 1.49. The molecule has 4 rings (SSSR count). The number of methoxy groups -OCH3 is 1. The van der Waals surface area contributed by atoms with Gasteiger partial charge in [-0.3, -0.25) is 19.4 Å². The van der Waals surface area contributed by atoms with Crippen molar-refractivity contribution >= 4 is 28.6 Å². The van der Waals surface area contributed by atoms with Crippen LogP contribution >= 0.6 is 0 Å². The lowest BCUT2D eigenvalue weighted by molar-refractivity contribution is -0.129. The molecule has 4 N–H and O–H groups in total. The summed E-state index contributed by atoms with van der Waals surface area (Å²) in [7, 11) is 1.58. The molecule has 2 saturated heterocycles. The molecule has 2 aromatic rings. The molecule has 0 radical (unpaired) electrons. The maximum atomic E-state index is 13.3. The normalized spacial score (nSPS) is 21.6. The molecule has 2 aliphatic rings. The number of fused-ring (bicyclic) bond motifs is 1. The molecule has 32 heavy (non-hydrogen) atoms. The van der Waals surface area contributed by atoms with Gasteiger partial charge in [-0.25, -0.2) is 5.43 Å². The maximum Gasteiger partial charge on any atom is 0.285 e. The number of H-pyrrole nitrogens is 1. The van der Waals surface area contributed by atoms with Crippen molar-refractivity contribution in [2.24, 2.45) is 5.92 Å². The van der Waals surface area contributed by atoms with Crippen LogP contribution in [0.5, 0.6) is 5.75 Å². The molecule has 3 heterocycles. The van der Waals surface area contributed by atoms with Gasteiger partial charge < -0.3 is 20.4 Å². The van der Waals surface area contributed by atoms with Crippen LogP contribution in [-0.4, -0.2) is 60.0 Å². The molecule has 0 saturated carbocycles. The monoisotopic (exact) mass is 437 g/mol. The van der Waals surface area contributed by atoms with E-state index in [1.54, 1.807) is 13.2 Å². The van der Waals surface area contributed by atoms with Crippen LogP contribution < -0.4 is 20.8 Å². The fraction of sp³-hybridized carbons (Fsp3) is 0.435. The van der Waals surface area contributed by atoms with Crippen molar-refractivity contribution in [3.8, 4) is 18.1 Å². The second-order valence-corrected chi connectivity index (χ2v) is 8.09. The first kappa shape index (κ1) is 21.7. The average Bonchev–Trinajstić information content (AvgIpc) is 3.43. The van der Waals surface area contributed by atoms with E-state index in [2.05, 4.69) is 27.0 Å². The Kier molecular flexibility index (Phi) is 6.32. The molecule has 0 spiro atoms. The summed E-state index contributed by atoms with van der Waals surface area (Å²) in [5.74, 6) is 2.31. The Hall–Kier alpha value is -3.51. The van der Waals surface area contributed by atoms with Crippen LogP contribution in [-0.2, 0) is 9.59 Å². The van der Waals surface area contributed by atoms with Gasteiger partial charge in [0.25, 0.3) is 5.91 Å². The minimum Gasteiger partial charge on any atom is -0.496 e. The summed E-state index contributed by atoms with van der Waals surface area (Å²) in [4.78, 5) is 41.3. The molecule has 9 nitrogen and oxygen atoms in total. The molecule has 1 aromatic carbocycles. The summed E-state index contributed by atoms with van der Waals surface area (Å²) in [5, 5.41) is 7.78. The molecule has 3 amide bonds. The molecule has 168 valence electrons. The number of hydrogen-bond donors (Lipinski definition) is 4. The van der Waals surface area contributed by atoms with Crippen LogP contribution in [0.15, 0.2) is 24.3 Å². The van der Waals surface area contributed by atoms with Crippen LogP contribution in [0.3, 0.4) is 0 Å². The summed E-state index contributed by atoms with van der Waals surface area (Å²) >= 11 is 0. The van der Waals surface area contributed by atoms with Crippen molar-refractivity contribution in [3.05, 3.63) is 30.0 Å². The average molecular weight is 438 g/mol. The lowest BCUT2D eigenvalue weighted by atomic mass is 9.98. The van der Waals surface area contributed by atoms with E-state index < -0.39 is 12.1 Å². The molecule has 1 aromatic heterocycles. The van der Waals surface area contributed by atoms with Crippen molar-refractivity contribution in [2.45, 2.75) is 37.8 Å². The number of rotatable bonds is 6. The lowest BCUT2D eigenvalue weighted by Crippen LogP contribution is -2.59. The van der Waals surface area contributed by atoms with Gasteiger partial charge in [-0.05, 0) is 43.9 Å². The Labute approximate surface area is 186 Å². The maximum absolute atomic E-state index is 13.3. The summed E-state index contributed by atoms with van der Waals surface area (Å²) in [6, 6.07) is 5.96. The van der Waals surface area contributed by atoms with Crippen LogP contribution in [0, 0.1) is 18.3 Å². The van der Waals surface area contributed by atoms with E-state index >= 15 is 0 Å². The quantitative estimate of drug-likeness (QED) is 0.502. The van der Waals surface area contributed by atoms with Crippen LogP contribution in [0.25, 0.3) is 10.9 Å². The number of hydrogen-bond acceptors (Lipinski definition) is 5. The number of ether oxygens (including phenoxy) is 1. The zero-order valence-corrected chi connectivity index (χ0v) is 17.9. The lowest BCUT2D eigenvalue weighted by Gasteiger charge is -2.35. The smallest absolute Gasteiger partial charge is 0.285 e. The van der Waals surface area contributed by atoms with E-state index in [0.29, 0.717) is 43.8 Å². The minimum absolute atomic E-state index is 0.0372. The zero-order valence-electron chi connectivity index (χ0n) is 17.9. The van der Waals surface area contributed by atoms with E-state index in [1.807, 2.05) is 18.2 Å². The highest BCUT2D eigenvalue weighted by molar-refractivity contribution is 6.01. The predicted molar refractivity (Wildman–Crippen MR) is 119 cm³/mol. The molecule has 9 heteroatoms. The van der Waals surface area contributed by atoms with E-state index in [4.69, 9.17) is 11.2 Å². The highest BCUT2D eigenvalue weighted by Crippen LogP contribution is 2.27. The van der Waals surface area contributed by atoms with Crippen LogP contribution in [0.1, 0.15) is 36.2 Å². The van der Waals surface area contributed by atoms with Crippen molar-refractivity contribution < 1.29 is 19.1 Å². The van der Waals surface area contributed by atoms with Crippen molar-refractivity contribution in [3.63, 3.8) is 0 Å². The van der Waals surface area contributed by atoms with Gasteiger partial charge >= 0.3 is 0 Å². The third-order valence-corrected chi connectivity index (χ3v) is 6.04. The Morgan fingerprint density at radius 3 is 2.91 bits per heavy atom. The van der Waals surface area contributed by atoms with E-state index in [1.165, 1.54) is 5.01 Å². The van der Waals surface area contributed by atoms with Crippen LogP contribution in [0.4, 0.5) is 0 Å². The van der Waals surface area contributed by atoms with Gasteiger partial charge in [0.1, 0.15) is 17.5 Å². The van der Waals surface area contributed by atoms with Crippen molar-refractivity contribution in [1.29, 1.82) is 0 Å². The molecule has 0 aliphatic carbocycles. The third kappa shape index (κ3) is 4.27. The molecule has 0 bridgehead atoms. The van der Waals surface area contributed by atoms with Gasteiger partial charge in [-0.1, -0.05) is 12.0 Å². The SMILES string of the molecule is C#C[C@H](C[C@@H]1CCNC1=O)NC(=O)[C@@H]1CCCNN1C(=O)c1cc2c(OC)cccc2[nH]1. The van der Waals surface area contributed by atoms with E-state index in [0.717, 1.165) is 17.3 Å². The fourth-order valence-electron chi connectivity index (χ4n) is 4.34. The van der Waals surface area contributed by atoms with E-state index in [-0.39, 0.29) is 23.6 Å². The summed E-state index contributed by atoms with van der Waals surface area (Å²) in [6.07, 6.45) is 7.95. The second-order valence-electron chi connectivity index (χ2n) is 8.09. The zero-order chi connectivity index (χ0) is 22.7. The largest absolute Gasteiger partial charge is 0.496 e. The first-order valence-corrected chi connectivity index (χ1v) is 10.8. The number of amides is 3. The third-order valence-electron chi connectivity index (χ3n) is 6.04. The number of aromatic nitrogens is 1. The standard InChI is InChI=1S/C23H27N5O4/c1-3-15(12-14-9-11-24-21(14)29)26-22(30)19-7-5-10-25-28(19)23(31)18-13-16-17(27-18)6-4-8-20(16)32-2/h1,4,6,8,13-15,19,25,27H,5,7,9-12H2,2H3,(H,24,29)(H,26,30)/t14-,15+,19-/m0/s1. The van der Waals surface area contributed by atoms with Crippen molar-refractivity contribution in [1.82, 2.24) is 26.1 Å². The number of aromatic amines is 1. The Bertz CT molecular complexity index is 1070. The number of nitrogens with one attached hydrogen (secondary N) is 4. The van der Waals surface area contributed by atoms with Gasteiger partial charge in [0.2, 0.25) is 11.8 Å². The predicted octanol–water partition coefficient (Wildman–Crippen LogP) is 0.930. The number of hydrazine groups is 1. The molecular formula is C23H27N5O4. The molecule has 0 unspecified atom stereocenters. The number of benzene rings is 1. The molecule has 3 atom stereocenters. The second kappa shape index (κ2) is 9.32. The van der Waals surface area contributed by atoms with Crippen molar-refractivity contribution in [2.75, 3.05) is 20.2 Å². The van der Waals surface area contributed by atoms with E-state index in [9.17, 15) is 14.4 Å². The fourth-order valence-corrected chi connectivity index (χ4v) is 4.34. The number of carbonyl (C=O) groups excluding carboxylic acids is 3. The Morgan fingerprint density at radius 2 is 2.19 bits per heavy atom. The molecule has 2 aliphatic heterocycles. The minimum atomic E-state index is -0.710. The number of carbonyl (C=O) groups is 3. The first-order chi connectivity index (χ1) is 15.5. The molecular weight excluding hydrogens is 410 g/mol. The summed E-state index contributed by atoms with van der Waals surface area (Å²) in [5.41, 5.74) is 4.17. The van der Waals surface area contributed by atoms with Gasteiger partial charge in [0.05, 0.1) is 13.2 Å². The first-order valence-electron chi connectivity index (χ1n) is 10.8. The molecule has 2 fully saturated rings. The van der Waals surface area contributed by atoms with Gasteiger partial charge in [0, 0.05) is 29.9 Å². The summed E-state index contributed by atoms with van der Waals surface area (Å²) < 4.78 is 5.37. The van der Waals surface area contributed by atoms with Gasteiger partial charge in [0.15, 0.2) is 0 Å². The highest BCUT2D eigenvalue weighted by Gasteiger charge is 2.35. The van der Waals surface area contributed by atoms with Crippen LogP contribution in [0.2, 0.25) is 0 Å².